The van der Waals surface area contributed by atoms with Gasteiger partial charge >= 0.3 is 0 Å². The smallest absolute Gasteiger partial charge is 0.0745 e. The van der Waals surface area contributed by atoms with Crippen LogP contribution >= 0.6 is 0 Å². The second-order valence-corrected chi connectivity index (χ2v) is 2.71. The topological polar surface area (TPSA) is 27.3 Å². The molecule has 0 spiro atoms. The van der Waals surface area contributed by atoms with Gasteiger partial charge in [-0.1, -0.05) is 0 Å². The molecule has 0 bridgehead atoms. The number of nitrogens with one attached hydrogen (secondary N) is 2. The molecule has 0 aromatic rings. The molecule has 2 rings (SSSR count). The number of nitrogens with zero attached hydrogens (tertiary/aromatic N) is 1. The molecule has 0 aliphatic carbocycles. The summed E-state index contributed by atoms with van der Waals surface area (Å²) in [5.41, 5.74) is 3.33. The van der Waals surface area contributed by atoms with Crippen LogP contribution in [0, 0.1) is 0 Å². The van der Waals surface area contributed by atoms with Gasteiger partial charge in [0.1, 0.15) is 0 Å². The first-order chi connectivity index (χ1) is 4.47. The lowest BCUT2D eigenvalue weighted by molar-refractivity contribution is 0.128. The van der Waals surface area contributed by atoms with E-state index < -0.39 is 0 Å². The minimum atomic E-state index is 0.638. The summed E-state index contributed by atoms with van der Waals surface area (Å²) in [6, 6.07) is 0. The number of fused-ring (bicyclic) bond motifs is 1. The van der Waals surface area contributed by atoms with Gasteiger partial charge in [-0.05, 0) is 19.4 Å². The van der Waals surface area contributed by atoms with Crippen LogP contribution in [0.5, 0.6) is 0 Å². The number of hydrogen-bond acceptors (Lipinski definition) is 3. The van der Waals surface area contributed by atoms with Crippen molar-refractivity contribution in [3.05, 3.63) is 0 Å². The molecule has 2 N–H and O–H groups in total. The Labute approximate surface area is 55.4 Å². The van der Waals surface area contributed by atoms with Crippen molar-refractivity contribution in [3.8, 4) is 0 Å². The Morgan fingerprint density at radius 2 is 2.33 bits per heavy atom. The van der Waals surface area contributed by atoms with Crippen molar-refractivity contribution in [2.45, 2.75) is 19.0 Å². The molecule has 3 nitrogen and oxygen atoms in total. The molecule has 2 fully saturated rings. The molecule has 9 heavy (non-hydrogen) atoms. The SMILES string of the molecule is C1CNC2CCNN2C1. The third-order valence-electron chi connectivity index (χ3n) is 2.06. The van der Waals surface area contributed by atoms with Gasteiger partial charge < -0.3 is 5.32 Å². The van der Waals surface area contributed by atoms with Crippen LogP contribution in [-0.2, 0) is 0 Å². The van der Waals surface area contributed by atoms with Crippen molar-refractivity contribution >= 4 is 0 Å². The summed E-state index contributed by atoms with van der Waals surface area (Å²) < 4.78 is 0. The predicted molar refractivity (Wildman–Crippen MR) is 35.7 cm³/mol. The molecule has 52 valence electrons. The molecule has 0 aromatic carbocycles. The molecule has 0 radical (unpaired) electrons. The van der Waals surface area contributed by atoms with E-state index in [0.29, 0.717) is 6.17 Å². The average molecular weight is 127 g/mol. The van der Waals surface area contributed by atoms with Gasteiger partial charge in [-0.15, -0.1) is 0 Å². The molecule has 3 heteroatoms. The van der Waals surface area contributed by atoms with Gasteiger partial charge in [-0.3, -0.25) is 5.43 Å². The van der Waals surface area contributed by atoms with Crippen LogP contribution in [0.1, 0.15) is 12.8 Å². The van der Waals surface area contributed by atoms with E-state index in [-0.39, 0.29) is 0 Å². The zero-order chi connectivity index (χ0) is 6.10. The highest BCUT2D eigenvalue weighted by atomic mass is 15.6. The third-order valence-corrected chi connectivity index (χ3v) is 2.06. The molecular weight excluding hydrogens is 114 g/mol. The van der Waals surface area contributed by atoms with Crippen molar-refractivity contribution in [2.24, 2.45) is 0 Å². The molecule has 2 heterocycles. The van der Waals surface area contributed by atoms with E-state index in [1.807, 2.05) is 0 Å². The fourth-order valence-corrected chi connectivity index (χ4v) is 1.58. The summed E-state index contributed by atoms with van der Waals surface area (Å²) in [4.78, 5) is 0. The first-order valence-corrected chi connectivity index (χ1v) is 3.70. The standard InChI is InChI=1S/C6H13N3/c1-3-7-6-2-4-8-9(6)5-1/h6-8H,1-5H2. The van der Waals surface area contributed by atoms with E-state index in [0.717, 1.165) is 6.54 Å². The summed E-state index contributed by atoms with van der Waals surface area (Å²) >= 11 is 0. The van der Waals surface area contributed by atoms with Gasteiger partial charge in [0.2, 0.25) is 0 Å². The normalized spacial score (nSPS) is 36.7. The predicted octanol–water partition coefficient (Wildman–Crippen LogP) is -0.484. The molecule has 0 amide bonds. The second-order valence-electron chi connectivity index (χ2n) is 2.71. The molecule has 1 unspecified atom stereocenters. The van der Waals surface area contributed by atoms with E-state index in [9.17, 15) is 0 Å². The fourth-order valence-electron chi connectivity index (χ4n) is 1.58. The lowest BCUT2D eigenvalue weighted by Crippen LogP contribution is -2.50. The quantitative estimate of drug-likeness (QED) is 0.460. The molecule has 0 saturated carbocycles. The van der Waals surface area contributed by atoms with Crippen LogP contribution in [0.2, 0.25) is 0 Å². The van der Waals surface area contributed by atoms with E-state index in [1.54, 1.807) is 0 Å². The second kappa shape index (κ2) is 2.25. The van der Waals surface area contributed by atoms with Gasteiger partial charge in [-0.2, -0.15) is 0 Å². The van der Waals surface area contributed by atoms with E-state index in [2.05, 4.69) is 15.8 Å². The average Bonchev–Trinajstić information content (AvgIpc) is 2.33. The minimum absolute atomic E-state index is 0.638. The Kier molecular flexibility index (Phi) is 1.41. The molecule has 1 atom stereocenters. The van der Waals surface area contributed by atoms with Crippen molar-refractivity contribution in [1.29, 1.82) is 0 Å². The summed E-state index contributed by atoms with van der Waals surface area (Å²) in [5, 5.41) is 5.75. The highest BCUT2D eigenvalue weighted by molar-refractivity contribution is 4.77. The summed E-state index contributed by atoms with van der Waals surface area (Å²) in [6.45, 7) is 3.57. The maximum Gasteiger partial charge on any atom is 0.0745 e. The zero-order valence-corrected chi connectivity index (χ0v) is 5.56. The van der Waals surface area contributed by atoms with Crippen LogP contribution in [0.3, 0.4) is 0 Å². The Bertz CT molecular complexity index is 92.5. The highest BCUT2D eigenvalue weighted by Crippen LogP contribution is 2.09. The van der Waals surface area contributed by atoms with Gasteiger partial charge in [0.05, 0.1) is 6.17 Å². The third kappa shape index (κ3) is 0.956. The van der Waals surface area contributed by atoms with Crippen molar-refractivity contribution in [1.82, 2.24) is 15.8 Å². The maximum absolute atomic E-state index is 3.44. The first kappa shape index (κ1) is 5.65. The minimum Gasteiger partial charge on any atom is -0.301 e. The van der Waals surface area contributed by atoms with Crippen LogP contribution < -0.4 is 10.7 Å². The fraction of sp³-hybridized carbons (Fsp3) is 1.00. The lowest BCUT2D eigenvalue weighted by atomic mass is 10.3. The van der Waals surface area contributed by atoms with Crippen LogP contribution in [0.25, 0.3) is 0 Å². The van der Waals surface area contributed by atoms with Crippen molar-refractivity contribution < 1.29 is 0 Å². The number of hydrogen-bond donors (Lipinski definition) is 2. The maximum atomic E-state index is 3.44. The van der Waals surface area contributed by atoms with Gasteiger partial charge in [0.25, 0.3) is 0 Å². The van der Waals surface area contributed by atoms with Gasteiger partial charge in [-0.25, -0.2) is 5.01 Å². The van der Waals surface area contributed by atoms with Gasteiger partial charge in [0.15, 0.2) is 0 Å². The monoisotopic (exact) mass is 127 g/mol. The first-order valence-electron chi connectivity index (χ1n) is 3.70. The van der Waals surface area contributed by atoms with E-state index >= 15 is 0 Å². The summed E-state index contributed by atoms with van der Waals surface area (Å²) in [7, 11) is 0. The molecule has 0 aromatic heterocycles. The number of hydrazine groups is 1. The lowest BCUT2D eigenvalue weighted by Gasteiger charge is -2.29. The van der Waals surface area contributed by atoms with E-state index in [4.69, 9.17) is 0 Å². The van der Waals surface area contributed by atoms with Gasteiger partial charge in [0, 0.05) is 13.1 Å². The van der Waals surface area contributed by atoms with E-state index in [1.165, 1.54) is 25.9 Å². The molecular formula is C6H13N3. The number of rotatable bonds is 0. The summed E-state index contributed by atoms with van der Waals surface area (Å²) in [5.74, 6) is 0. The Morgan fingerprint density at radius 1 is 1.33 bits per heavy atom. The molecule has 2 aliphatic heterocycles. The molecule has 2 aliphatic rings. The zero-order valence-electron chi connectivity index (χ0n) is 5.56. The summed E-state index contributed by atoms with van der Waals surface area (Å²) in [6.07, 6.45) is 3.18. The van der Waals surface area contributed by atoms with Crippen LogP contribution in [0.15, 0.2) is 0 Å². The van der Waals surface area contributed by atoms with Crippen molar-refractivity contribution in [2.75, 3.05) is 19.6 Å². The highest BCUT2D eigenvalue weighted by Gasteiger charge is 2.25. The Hall–Kier alpha value is -0.120. The Balaban J connectivity index is 1.97. The van der Waals surface area contributed by atoms with Crippen molar-refractivity contribution in [3.63, 3.8) is 0 Å². The van der Waals surface area contributed by atoms with Crippen LogP contribution in [0.4, 0.5) is 0 Å². The Morgan fingerprint density at radius 3 is 3.22 bits per heavy atom. The largest absolute Gasteiger partial charge is 0.301 e. The van der Waals surface area contributed by atoms with Crippen LogP contribution in [-0.4, -0.2) is 30.8 Å². The molecule has 2 saturated heterocycles.